The molecule has 128 valence electrons. The van der Waals surface area contributed by atoms with Crippen LogP contribution in [0.1, 0.15) is 19.0 Å². The Balaban J connectivity index is 2.00. The van der Waals surface area contributed by atoms with E-state index < -0.39 is 5.97 Å². The van der Waals surface area contributed by atoms with Crippen LogP contribution < -0.4 is 4.74 Å². The highest BCUT2D eigenvalue weighted by molar-refractivity contribution is 5.72. The minimum absolute atomic E-state index is 0.218. The molecule has 0 saturated carbocycles. The molecule has 1 N–H and O–H groups in total. The van der Waals surface area contributed by atoms with Crippen molar-refractivity contribution in [1.29, 1.82) is 0 Å². The number of para-hydroxylation sites is 1. The zero-order valence-corrected chi connectivity index (χ0v) is 13.8. The van der Waals surface area contributed by atoms with E-state index in [9.17, 15) is 4.79 Å². The molecule has 0 atom stereocenters. The Morgan fingerprint density at radius 1 is 1.20 bits per heavy atom. The number of azo groups is 1. The van der Waals surface area contributed by atoms with Gasteiger partial charge in [-0.15, -0.1) is 10.2 Å². The molecule has 0 bridgehead atoms. The second-order valence-corrected chi connectivity index (χ2v) is 5.40. The van der Waals surface area contributed by atoms with Gasteiger partial charge < -0.3 is 9.84 Å². The maximum atomic E-state index is 11.1. The molecule has 2 heterocycles. The minimum Gasteiger partial charge on any atom is -0.491 e. The van der Waals surface area contributed by atoms with Gasteiger partial charge in [-0.1, -0.05) is 25.1 Å². The summed E-state index contributed by atoms with van der Waals surface area (Å²) >= 11 is 0. The van der Waals surface area contributed by atoms with Gasteiger partial charge in [0.1, 0.15) is 17.1 Å². The topological polar surface area (TPSA) is 88.5 Å². The first kappa shape index (κ1) is 16.6. The van der Waals surface area contributed by atoms with Crippen LogP contribution in [0.25, 0.3) is 5.65 Å². The highest BCUT2D eigenvalue weighted by Crippen LogP contribution is 2.30. The van der Waals surface area contributed by atoms with Crippen LogP contribution in [0, 0.1) is 0 Å². The number of nitrogens with zero attached hydrogens (tertiary/aromatic N) is 4. The summed E-state index contributed by atoms with van der Waals surface area (Å²) < 4.78 is 7.39. The second-order valence-electron chi connectivity index (χ2n) is 5.40. The number of aromatic nitrogens is 2. The lowest BCUT2D eigenvalue weighted by molar-refractivity contribution is -0.136. The molecule has 0 spiro atoms. The van der Waals surface area contributed by atoms with Crippen LogP contribution in [0.3, 0.4) is 0 Å². The molecule has 7 nitrogen and oxygen atoms in total. The quantitative estimate of drug-likeness (QED) is 0.655. The van der Waals surface area contributed by atoms with Crippen LogP contribution >= 0.6 is 0 Å². The Hall–Kier alpha value is -3.22. The van der Waals surface area contributed by atoms with E-state index in [1.54, 1.807) is 22.7 Å². The molecule has 3 aromatic rings. The second kappa shape index (κ2) is 7.57. The minimum atomic E-state index is -0.966. The van der Waals surface area contributed by atoms with Gasteiger partial charge >= 0.3 is 5.97 Å². The van der Waals surface area contributed by atoms with Gasteiger partial charge in [0.2, 0.25) is 0 Å². The van der Waals surface area contributed by atoms with Gasteiger partial charge in [0.05, 0.1) is 18.7 Å². The molecule has 0 saturated heterocycles. The van der Waals surface area contributed by atoms with E-state index in [-0.39, 0.29) is 6.42 Å². The lowest BCUT2D eigenvalue weighted by Crippen LogP contribution is -2.00. The Kier molecular flexibility index (Phi) is 5.03. The van der Waals surface area contributed by atoms with E-state index in [0.29, 0.717) is 35.2 Å². The van der Waals surface area contributed by atoms with Gasteiger partial charge in [0.15, 0.2) is 5.82 Å². The Morgan fingerprint density at radius 2 is 2.00 bits per heavy atom. The SMILES string of the molecule is CCCOc1ccccc1N=Nc1c(CC(=O)O)nc2ccccn12. The van der Waals surface area contributed by atoms with E-state index in [1.165, 1.54) is 0 Å². The molecule has 0 unspecified atom stereocenters. The number of fused-ring (bicyclic) bond motifs is 1. The van der Waals surface area contributed by atoms with Crippen molar-refractivity contribution in [2.24, 2.45) is 10.2 Å². The smallest absolute Gasteiger partial charge is 0.309 e. The van der Waals surface area contributed by atoms with Gasteiger partial charge in [-0.05, 0) is 30.7 Å². The van der Waals surface area contributed by atoms with E-state index in [1.807, 2.05) is 37.3 Å². The maximum Gasteiger partial charge on any atom is 0.309 e. The van der Waals surface area contributed by atoms with Crippen molar-refractivity contribution in [3.05, 3.63) is 54.4 Å². The average Bonchev–Trinajstić information content (AvgIpc) is 2.95. The fourth-order valence-electron chi connectivity index (χ4n) is 2.37. The van der Waals surface area contributed by atoms with Crippen molar-refractivity contribution in [2.75, 3.05) is 6.61 Å². The highest BCUT2D eigenvalue weighted by Gasteiger charge is 2.15. The molecule has 0 radical (unpaired) electrons. The van der Waals surface area contributed by atoms with Crippen molar-refractivity contribution in [3.8, 4) is 5.75 Å². The number of carboxylic acid groups (broad SMARTS) is 1. The number of carbonyl (C=O) groups is 1. The molecular weight excluding hydrogens is 320 g/mol. The van der Waals surface area contributed by atoms with Crippen LogP contribution in [0.15, 0.2) is 58.9 Å². The van der Waals surface area contributed by atoms with Crippen LogP contribution in [0.2, 0.25) is 0 Å². The molecule has 0 fully saturated rings. The van der Waals surface area contributed by atoms with E-state index in [0.717, 1.165) is 6.42 Å². The van der Waals surface area contributed by atoms with Gasteiger partial charge in [-0.3, -0.25) is 9.20 Å². The Labute approximate surface area is 144 Å². The summed E-state index contributed by atoms with van der Waals surface area (Å²) in [7, 11) is 0. The molecule has 0 aliphatic heterocycles. The molecule has 3 rings (SSSR count). The first-order chi connectivity index (χ1) is 12.2. The highest BCUT2D eigenvalue weighted by atomic mass is 16.5. The molecule has 0 amide bonds. The maximum absolute atomic E-state index is 11.1. The summed E-state index contributed by atoms with van der Waals surface area (Å²) in [5.74, 6) is 0.0801. The fraction of sp³-hybridized carbons (Fsp3) is 0.222. The molecular formula is C18H18N4O3. The average molecular weight is 338 g/mol. The summed E-state index contributed by atoms with van der Waals surface area (Å²) in [6.45, 7) is 2.62. The number of hydrogen-bond acceptors (Lipinski definition) is 5. The van der Waals surface area contributed by atoms with E-state index >= 15 is 0 Å². The summed E-state index contributed by atoms with van der Waals surface area (Å²) in [6.07, 6.45) is 2.45. The number of ether oxygens (including phenoxy) is 1. The van der Waals surface area contributed by atoms with Crippen LogP contribution in [0.4, 0.5) is 11.5 Å². The number of imidazole rings is 1. The van der Waals surface area contributed by atoms with Gasteiger partial charge in [0.25, 0.3) is 0 Å². The standard InChI is InChI=1S/C18H18N4O3/c1-2-11-25-15-8-4-3-7-13(15)20-21-18-14(12-17(23)24)19-16-9-5-6-10-22(16)18/h3-10H,2,11-12H2,1H3,(H,23,24). The summed E-state index contributed by atoms with van der Waals surface area (Å²) in [6, 6.07) is 12.8. The van der Waals surface area contributed by atoms with Crippen molar-refractivity contribution in [1.82, 2.24) is 9.38 Å². The first-order valence-electron chi connectivity index (χ1n) is 8.00. The molecule has 0 aliphatic carbocycles. The summed E-state index contributed by atoms with van der Waals surface area (Å²) in [5, 5.41) is 17.6. The fourth-order valence-corrected chi connectivity index (χ4v) is 2.37. The number of benzene rings is 1. The number of aliphatic carboxylic acids is 1. The normalized spacial score (nSPS) is 11.2. The van der Waals surface area contributed by atoms with Crippen LogP contribution in [-0.4, -0.2) is 27.1 Å². The van der Waals surface area contributed by atoms with Crippen molar-refractivity contribution in [2.45, 2.75) is 19.8 Å². The third-order valence-corrected chi connectivity index (χ3v) is 3.47. The molecule has 1 aromatic carbocycles. The molecule has 0 aliphatic rings. The first-order valence-corrected chi connectivity index (χ1v) is 8.00. The van der Waals surface area contributed by atoms with Gasteiger partial charge in [0, 0.05) is 6.20 Å². The van der Waals surface area contributed by atoms with Crippen molar-refractivity contribution in [3.63, 3.8) is 0 Å². The molecule has 25 heavy (non-hydrogen) atoms. The third kappa shape index (κ3) is 3.82. The zero-order chi connectivity index (χ0) is 17.6. The molecule has 7 heteroatoms. The number of hydrogen-bond donors (Lipinski definition) is 1. The summed E-state index contributed by atoms with van der Waals surface area (Å²) in [5.41, 5.74) is 1.58. The Bertz CT molecular complexity index is 918. The number of pyridine rings is 1. The van der Waals surface area contributed by atoms with Crippen molar-refractivity contribution >= 4 is 23.1 Å². The monoisotopic (exact) mass is 338 g/mol. The third-order valence-electron chi connectivity index (χ3n) is 3.47. The van der Waals surface area contributed by atoms with Gasteiger partial charge in [-0.25, -0.2) is 4.98 Å². The van der Waals surface area contributed by atoms with Crippen molar-refractivity contribution < 1.29 is 14.6 Å². The number of carboxylic acids is 1. The van der Waals surface area contributed by atoms with Gasteiger partial charge in [-0.2, -0.15) is 0 Å². The predicted molar refractivity (Wildman–Crippen MR) is 92.9 cm³/mol. The Morgan fingerprint density at radius 3 is 2.80 bits per heavy atom. The lowest BCUT2D eigenvalue weighted by Gasteiger charge is -2.06. The lowest BCUT2D eigenvalue weighted by atomic mass is 10.3. The van der Waals surface area contributed by atoms with Crippen LogP contribution in [0.5, 0.6) is 5.75 Å². The molecule has 2 aromatic heterocycles. The predicted octanol–water partition coefficient (Wildman–Crippen LogP) is 4.17. The van der Waals surface area contributed by atoms with E-state index in [2.05, 4.69) is 15.2 Å². The largest absolute Gasteiger partial charge is 0.491 e. The zero-order valence-electron chi connectivity index (χ0n) is 13.8. The summed E-state index contributed by atoms with van der Waals surface area (Å²) in [4.78, 5) is 15.4. The van der Waals surface area contributed by atoms with Crippen LogP contribution in [-0.2, 0) is 11.2 Å². The number of rotatable bonds is 7. The van der Waals surface area contributed by atoms with E-state index in [4.69, 9.17) is 9.84 Å².